The Morgan fingerprint density at radius 1 is 1.14 bits per heavy atom. The van der Waals surface area contributed by atoms with Gasteiger partial charge in [-0.15, -0.1) is 11.3 Å². The van der Waals surface area contributed by atoms with Gasteiger partial charge in [0.2, 0.25) is 0 Å². The van der Waals surface area contributed by atoms with Crippen molar-refractivity contribution in [2.75, 3.05) is 13.7 Å². The molecule has 1 aromatic carbocycles. The molecular formula is C23H21N3O2S. The molecule has 29 heavy (non-hydrogen) atoms. The number of hydrogen-bond acceptors (Lipinski definition) is 6. The van der Waals surface area contributed by atoms with Crippen LogP contribution in [0.1, 0.15) is 16.1 Å². The van der Waals surface area contributed by atoms with Crippen LogP contribution in [0.2, 0.25) is 0 Å². The number of benzene rings is 1. The summed E-state index contributed by atoms with van der Waals surface area (Å²) in [6.07, 6.45) is 4.53. The first-order valence-electron chi connectivity index (χ1n) is 9.62. The van der Waals surface area contributed by atoms with E-state index in [1.165, 1.54) is 20.9 Å². The summed E-state index contributed by atoms with van der Waals surface area (Å²) in [6, 6.07) is 16.4. The zero-order chi connectivity index (χ0) is 19.6. The Kier molecular flexibility index (Phi) is 4.87. The SMILES string of the molecule is COc1ccc(-c2ccc(CN3CCc4nc(-c5ccco5)ncc4C3)s2)cc1. The summed E-state index contributed by atoms with van der Waals surface area (Å²) in [4.78, 5) is 14.3. The van der Waals surface area contributed by atoms with E-state index < -0.39 is 0 Å². The smallest absolute Gasteiger partial charge is 0.195 e. The van der Waals surface area contributed by atoms with E-state index in [0.717, 1.165) is 43.3 Å². The predicted molar refractivity (Wildman–Crippen MR) is 114 cm³/mol. The number of ether oxygens (including phenoxy) is 1. The summed E-state index contributed by atoms with van der Waals surface area (Å²) < 4.78 is 10.7. The Morgan fingerprint density at radius 3 is 2.83 bits per heavy atom. The van der Waals surface area contributed by atoms with Crippen LogP contribution in [0.25, 0.3) is 22.0 Å². The molecule has 0 atom stereocenters. The number of rotatable bonds is 5. The third-order valence-corrected chi connectivity index (χ3v) is 6.29. The van der Waals surface area contributed by atoms with E-state index in [1.54, 1.807) is 13.4 Å². The Hall–Kier alpha value is -2.96. The summed E-state index contributed by atoms with van der Waals surface area (Å²) in [6.45, 7) is 2.82. The van der Waals surface area contributed by atoms with E-state index in [4.69, 9.17) is 14.1 Å². The van der Waals surface area contributed by atoms with Crippen molar-refractivity contribution in [1.29, 1.82) is 0 Å². The standard InChI is InChI=1S/C23H21N3O2S/c1-27-18-6-4-16(5-7-18)22-9-8-19(29-22)15-26-11-10-20-17(14-26)13-24-23(25-20)21-3-2-12-28-21/h2-9,12-13H,10-11,14-15H2,1H3. The van der Waals surface area contributed by atoms with Crippen LogP contribution >= 0.6 is 11.3 Å². The molecule has 4 aromatic rings. The largest absolute Gasteiger partial charge is 0.497 e. The lowest BCUT2D eigenvalue weighted by molar-refractivity contribution is 0.245. The number of hydrogen-bond donors (Lipinski definition) is 0. The average molecular weight is 404 g/mol. The molecule has 0 N–H and O–H groups in total. The third-order valence-electron chi connectivity index (χ3n) is 5.17. The highest BCUT2D eigenvalue weighted by molar-refractivity contribution is 7.15. The van der Waals surface area contributed by atoms with Gasteiger partial charge in [-0.1, -0.05) is 0 Å². The molecule has 0 aliphatic carbocycles. The topological polar surface area (TPSA) is 51.4 Å². The number of aromatic nitrogens is 2. The Morgan fingerprint density at radius 2 is 2.03 bits per heavy atom. The van der Waals surface area contributed by atoms with Crippen molar-refractivity contribution >= 4 is 11.3 Å². The van der Waals surface area contributed by atoms with Crippen molar-refractivity contribution in [2.24, 2.45) is 0 Å². The number of furan rings is 1. The van der Waals surface area contributed by atoms with Gasteiger partial charge in [0.05, 0.1) is 19.1 Å². The van der Waals surface area contributed by atoms with Crippen LogP contribution in [0.15, 0.2) is 65.4 Å². The number of fused-ring (bicyclic) bond motifs is 1. The van der Waals surface area contributed by atoms with Crippen molar-refractivity contribution < 1.29 is 9.15 Å². The van der Waals surface area contributed by atoms with Gasteiger partial charge in [0.1, 0.15) is 5.75 Å². The van der Waals surface area contributed by atoms with E-state index in [-0.39, 0.29) is 0 Å². The molecule has 0 saturated carbocycles. The van der Waals surface area contributed by atoms with Crippen LogP contribution in [0.5, 0.6) is 5.75 Å². The van der Waals surface area contributed by atoms with Gasteiger partial charge in [-0.3, -0.25) is 4.90 Å². The molecule has 0 amide bonds. The van der Waals surface area contributed by atoms with Crippen molar-refractivity contribution in [2.45, 2.75) is 19.5 Å². The molecule has 0 unspecified atom stereocenters. The summed E-state index contributed by atoms with van der Waals surface area (Å²) in [5.74, 6) is 2.28. The normalized spacial score (nSPS) is 14.0. The quantitative estimate of drug-likeness (QED) is 0.468. The zero-order valence-electron chi connectivity index (χ0n) is 16.2. The van der Waals surface area contributed by atoms with Gasteiger partial charge in [-0.05, 0) is 54.1 Å². The Labute approximate surface area is 173 Å². The molecule has 0 bridgehead atoms. The first-order valence-corrected chi connectivity index (χ1v) is 10.4. The fourth-order valence-corrected chi connectivity index (χ4v) is 4.68. The van der Waals surface area contributed by atoms with Crippen LogP contribution in [0.3, 0.4) is 0 Å². The highest BCUT2D eigenvalue weighted by Crippen LogP contribution is 2.31. The fourth-order valence-electron chi connectivity index (χ4n) is 3.63. The monoisotopic (exact) mass is 403 g/mol. The van der Waals surface area contributed by atoms with Gasteiger partial charge in [-0.25, -0.2) is 9.97 Å². The lowest BCUT2D eigenvalue weighted by Gasteiger charge is -2.27. The van der Waals surface area contributed by atoms with Gasteiger partial charge < -0.3 is 9.15 Å². The minimum Gasteiger partial charge on any atom is -0.497 e. The van der Waals surface area contributed by atoms with Gasteiger partial charge in [0.25, 0.3) is 0 Å². The van der Waals surface area contributed by atoms with E-state index >= 15 is 0 Å². The van der Waals surface area contributed by atoms with Crippen molar-refractivity contribution in [3.63, 3.8) is 0 Å². The molecule has 1 aliphatic rings. The van der Waals surface area contributed by atoms with E-state index in [2.05, 4.69) is 34.1 Å². The summed E-state index contributed by atoms with van der Waals surface area (Å²) in [5.41, 5.74) is 3.57. The lowest BCUT2D eigenvalue weighted by Crippen LogP contribution is -2.30. The molecule has 146 valence electrons. The molecule has 0 radical (unpaired) electrons. The first-order chi connectivity index (χ1) is 14.3. The molecule has 3 aromatic heterocycles. The maximum atomic E-state index is 5.42. The molecule has 6 heteroatoms. The molecule has 1 aliphatic heterocycles. The minimum atomic E-state index is 0.671. The molecule has 5 nitrogen and oxygen atoms in total. The minimum absolute atomic E-state index is 0.671. The Bertz CT molecular complexity index is 1100. The van der Waals surface area contributed by atoms with Gasteiger partial charge >= 0.3 is 0 Å². The van der Waals surface area contributed by atoms with Gasteiger partial charge in [0.15, 0.2) is 11.6 Å². The van der Waals surface area contributed by atoms with E-state index in [0.29, 0.717) is 5.82 Å². The average Bonchev–Trinajstić information content (AvgIpc) is 3.46. The summed E-state index contributed by atoms with van der Waals surface area (Å²) >= 11 is 1.85. The maximum absolute atomic E-state index is 5.42. The zero-order valence-corrected chi connectivity index (χ0v) is 17.0. The lowest BCUT2D eigenvalue weighted by atomic mass is 10.1. The first kappa shape index (κ1) is 18.1. The van der Waals surface area contributed by atoms with Crippen molar-refractivity contribution in [3.05, 3.63) is 77.1 Å². The highest BCUT2D eigenvalue weighted by Gasteiger charge is 2.20. The van der Waals surface area contributed by atoms with Crippen molar-refractivity contribution in [1.82, 2.24) is 14.9 Å². The number of methoxy groups -OCH3 is 1. The van der Waals surface area contributed by atoms with E-state index in [9.17, 15) is 0 Å². The molecule has 0 fully saturated rings. The molecule has 0 saturated heterocycles. The predicted octanol–water partition coefficient (Wildman–Crippen LogP) is 5.03. The van der Waals surface area contributed by atoms with Crippen LogP contribution in [-0.2, 0) is 19.5 Å². The van der Waals surface area contributed by atoms with Crippen LogP contribution in [0, 0.1) is 0 Å². The van der Waals surface area contributed by atoms with Crippen LogP contribution < -0.4 is 4.74 Å². The van der Waals surface area contributed by atoms with Crippen LogP contribution in [-0.4, -0.2) is 28.5 Å². The molecular weight excluding hydrogens is 382 g/mol. The molecule has 0 spiro atoms. The fraction of sp³-hybridized carbons (Fsp3) is 0.217. The second-order valence-electron chi connectivity index (χ2n) is 7.10. The van der Waals surface area contributed by atoms with Gasteiger partial charge in [0, 0.05) is 47.6 Å². The van der Waals surface area contributed by atoms with Crippen LogP contribution in [0.4, 0.5) is 0 Å². The van der Waals surface area contributed by atoms with Gasteiger partial charge in [-0.2, -0.15) is 0 Å². The number of nitrogens with zero attached hydrogens (tertiary/aromatic N) is 3. The highest BCUT2D eigenvalue weighted by atomic mass is 32.1. The summed E-state index contributed by atoms with van der Waals surface area (Å²) in [5, 5.41) is 0. The molecule has 4 heterocycles. The second-order valence-corrected chi connectivity index (χ2v) is 8.27. The second kappa shape index (κ2) is 7.81. The van der Waals surface area contributed by atoms with E-state index in [1.807, 2.05) is 41.8 Å². The maximum Gasteiger partial charge on any atom is 0.195 e. The number of thiophene rings is 1. The van der Waals surface area contributed by atoms with Crippen molar-refractivity contribution in [3.8, 4) is 27.8 Å². The molecule has 5 rings (SSSR count). The summed E-state index contributed by atoms with van der Waals surface area (Å²) in [7, 11) is 1.69. The third kappa shape index (κ3) is 3.81. The Balaban J connectivity index is 1.27.